The molecule has 0 aromatic heterocycles. The van der Waals surface area contributed by atoms with Crippen molar-refractivity contribution < 1.29 is 31.6 Å². The molecule has 0 saturated heterocycles. The van der Waals surface area contributed by atoms with Gasteiger partial charge in [-0.3, -0.25) is 9.59 Å². The molecule has 0 saturated carbocycles. The Morgan fingerprint density at radius 2 is 1.38 bits per heavy atom. The highest BCUT2D eigenvalue weighted by Gasteiger charge is 2.50. The van der Waals surface area contributed by atoms with Crippen molar-refractivity contribution in [3.05, 3.63) is 0 Å². The van der Waals surface area contributed by atoms with E-state index in [1.807, 2.05) is 0 Å². The average Bonchev–Trinajstić information content (AvgIpc) is 1.81. The second-order valence-corrected chi connectivity index (χ2v) is 3.88. The fourth-order valence-corrected chi connectivity index (χ4v) is 1.38. The Morgan fingerprint density at radius 3 is 1.54 bits per heavy atom. The predicted octanol–water partition coefficient (Wildman–Crippen LogP) is 0.435. The minimum Gasteiger partial charge on any atom is -0.482 e. The van der Waals surface area contributed by atoms with Crippen LogP contribution in [-0.2, 0) is 18.4 Å². The largest absolute Gasteiger partial charge is 0.563 e. The van der Waals surface area contributed by atoms with Crippen LogP contribution in [0.4, 0.5) is 13.2 Å². The minimum absolute atomic E-state index is 0.815. The lowest BCUT2D eigenvalue weighted by molar-refractivity contribution is -0.147. The van der Waals surface area contributed by atoms with Crippen LogP contribution in [0.5, 0.6) is 0 Å². The van der Waals surface area contributed by atoms with E-state index in [2.05, 4.69) is 8.85 Å². The van der Waals surface area contributed by atoms with E-state index in [-0.39, 0.29) is 0 Å². The smallest absolute Gasteiger partial charge is 0.482 e. The molecule has 0 aliphatic heterocycles. The predicted molar refractivity (Wildman–Crippen MR) is 36.7 cm³/mol. The number of alkyl halides is 3. The SMILES string of the molecule is CC(=O)O[SiH](OC(C)=O)C(F)(F)F. The van der Waals surface area contributed by atoms with Gasteiger partial charge >= 0.3 is 15.1 Å². The van der Waals surface area contributed by atoms with Gasteiger partial charge in [0.2, 0.25) is 0 Å². The zero-order valence-corrected chi connectivity index (χ0v) is 8.00. The molecule has 0 amide bonds. The van der Waals surface area contributed by atoms with Crippen LogP contribution in [0, 0.1) is 0 Å². The van der Waals surface area contributed by atoms with E-state index in [0.29, 0.717) is 0 Å². The van der Waals surface area contributed by atoms with Crippen molar-refractivity contribution in [2.75, 3.05) is 0 Å². The quantitative estimate of drug-likeness (QED) is 0.628. The Hall–Kier alpha value is -1.05. The van der Waals surface area contributed by atoms with Gasteiger partial charge in [0.1, 0.15) is 0 Å². The molecular formula is C5H7F3O4Si. The molecule has 0 atom stereocenters. The molecule has 0 fully saturated rings. The molecule has 76 valence electrons. The normalized spacial score (nSPS) is 11.2. The van der Waals surface area contributed by atoms with Gasteiger partial charge in [-0.1, -0.05) is 0 Å². The van der Waals surface area contributed by atoms with Gasteiger partial charge in [0.05, 0.1) is 0 Å². The number of carbonyl (C=O) groups excluding carboxylic acids is 2. The highest BCUT2D eigenvalue weighted by atomic mass is 28.3. The van der Waals surface area contributed by atoms with E-state index in [9.17, 15) is 22.8 Å². The Labute approximate surface area is 73.5 Å². The second kappa shape index (κ2) is 4.26. The fraction of sp³-hybridized carbons (Fsp3) is 0.600. The topological polar surface area (TPSA) is 52.6 Å². The van der Waals surface area contributed by atoms with Crippen LogP contribution in [-0.4, -0.2) is 27.0 Å². The summed E-state index contributed by atoms with van der Waals surface area (Å²) < 4.78 is 43.6. The maximum Gasteiger partial charge on any atom is 0.563 e. The molecule has 0 heterocycles. The van der Waals surface area contributed by atoms with Gasteiger partial charge in [-0.15, -0.1) is 0 Å². The van der Waals surface area contributed by atoms with E-state index in [4.69, 9.17) is 0 Å². The van der Waals surface area contributed by atoms with Crippen LogP contribution in [0.3, 0.4) is 0 Å². The van der Waals surface area contributed by atoms with Gasteiger partial charge in [-0.2, -0.15) is 13.2 Å². The first-order valence-electron chi connectivity index (χ1n) is 3.14. The summed E-state index contributed by atoms with van der Waals surface area (Å²) in [5.41, 5.74) is 0. The molecule has 0 aliphatic rings. The fourth-order valence-electron chi connectivity index (χ4n) is 0.459. The van der Waals surface area contributed by atoms with Crippen LogP contribution >= 0.6 is 0 Å². The third-order valence-corrected chi connectivity index (χ3v) is 2.44. The Bertz CT molecular complexity index is 198. The van der Waals surface area contributed by atoms with Crippen molar-refractivity contribution >= 4 is 21.2 Å². The van der Waals surface area contributed by atoms with E-state index < -0.39 is 27.0 Å². The first-order valence-corrected chi connectivity index (χ1v) is 4.66. The molecular weight excluding hydrogens is 209 g/mol. The number of carbonyl (C=O) groups is 2. The second-order valence-electron chi connectivity index (χ2n) is 2.09. The first-order chi connectivity index (χ1) is 5.73. The molecule has 0 aliphatic carbocycles. The third kappa shape index (κ3) is 5.23. The minimum atomic E-state index is -4.77. The molecule has 4 nitrogen and oxygen atoms in total. The molecule has 0 radical (unpaired) electrons. The van der Waals surface area contributed by atoms with Crippen molar-refractivity contribution in [2.45, 2.75) is 19.6 Å². The number of hydrogen-bond acceptors (Lipinski definition) is 4. The van der Waals surface area contributed by atoms with Crippen molar-refractivity contribution in [3.8, 4) is 0 Å². The highest BCUT2D eigenvalue weighted by Crippen LogP contribution is 2.20. The van der Waals surface area contributed by atoms with Gasteiger partial charge in [-0.25, -0.2) is 0 Å². The molecule has 13 heavy (non-hydrogen) atoms. The molecule has 0 aromatic carbocycles. The number of rotatable bonds is 2. The van der Waals surface area contributed by atoms with Crippen molar-refractivity contribution in [2.24, 2.45) is 0 Å². The van der Waals surface area contributed by atoms with E-state index >= 15 is 0 Å². The van der Waals surface area contributed by atoms with Gasteiger partial charge in [0.25, 0.3) is 11.9 Å². The van der Waals surface area contributed by atoms with Crippen molar-refractivity contribution in [1.82, 2.24) is 0 Å². The summed E-state index contributed by atoms with van der Waals surface area (Å²) in [6.07, 6.45) is 0. The summed E-state index contributed by atoms with van der Waals surface area (Å²) in [5.74, 6) is -7.00. The van der Waals surface area contributed by atoms with Crippen molar-refractivity contribution in [3.63, 3.8) is 0 Å². The highest BCUT2D eigenvalue weighted by molar-refractivity contribution is 6.51. The van der Waals surface area contributed by atoms with Crippen LogP contribution in [0.15, 0.2) is 0 Å². The Balaban J connectivity index is 4.37. The Morgan fingerprint density at radius 1 is 1.08 bits per heavy atom. The lowest BCUT2D eigenvalue weighted by Crippen LogP contribution is -2.42. The number of halogens is 3. The average molecular weight is 216 g/mol. The summed E-state index contributed by atoms with van der Waals surface area (Å²) in [6, 6.07) is 0. The van der Waals surface area contributed by atoms with Crippen LogP contribution in [0.2, 0.25) is 0 Å². The van der Waals surface area contributed by atoms with E-state index in [0.717, 1.165) is 13.8 Å². The lowest BCUT2D eigenvalue weighted by Gasteiger charge is -2.16. The first kappa shape index (κ1) is 11.9. The van der Waals surface area contributed by atoms with Gasteiger partial charge < -0.3 is 8.85 Å². The van der Waals surface area contributed by atoms with Gasteiger partial charge in [0.15, 0.2) is 0 Å². The van der Waals surface area contributed by atoms with Crippen molar-refractivity contribution in [1.29, 1.82) is 0 Å². The van der Waals surface area contributed by atoms with E-state index in [1.54, 1.807) is 0 Å². The summed E-state index contributed by atoms with van der Waals surface area (Å²) in [6.45, 7) is 1.63. The monoisotopic (exact) mass is 216 g/mol. The molecule has 8 heteroatoms. The standard InChI is InChI=1S/C5H7F3O4Si/c1-3(9)11-13(5(6,7)8)12-4(2)10/h13H,1-2H3. The maximum absolute atomic E-state index is 11.9. The Kier molecular flexibility index (Phi) is 3.91. The zero-order chi connectivity index (χ0) is 10.6. The third-order valence-electron chi connectivity index (χ3n) is 0.813. The summed E-state index contributed by atoms with van der Waals surface area (Å²) >= 11 is 0. The van der Waals surface area contributed by atoms with Crippen LogP contribution in [0.1, 0.15) is 13.8 Å². The molecule has 0 unspecified atom stereocenters. The molecule has 0 aromatic rings. The van der Waals surface area contributed by atoms with Gasteiger partial charge in [0, 0.05) is 13.8 Å². The molecule has 0 N–H and O–H groups in total. The maximum atomic E-state index is 11.9. The zero-order valence-electron chi connectivity index (χ0n) is 6.84. The van der Waals surface area contributed by atoms with Gasteiger partial charge in [-0.05, 0) is 0 Å². The summed E-state index contributed by atoms with van der Waals surface area (Å²) in [7, 11) is -4.24. The summed E-state index contributed by atoms with van der Waals surface area (Å²) in [5, 5.41) is 0. The summed E-state index contributed by atoms with van der Waals surface area (Å²) in [4.78, 5) is 20.4. The number of hydrogen-bond donors (Lipinski definition) is 0. The molecule has 0 rings (SSSR count). The van der Waals surface area contributed by atoms with Crippen LogP contribution in [0.25, 0.3) is 0 Å². The van der Waals surface area contributed by atoms with Crippen LogP contribution < -0.4 is 0 Å². The lowest BCUT2D eigenvalue weighted by atomic mass is 10.9. The van der Waals surface area contributed by atoms with E-state index in [1.165, 1.54) is 0 Å². The molecule has 0 bridgehead atoms. The molecule has 0 spiro atoms.